The number of hydrogen-bond donors (Lipinski definition) is 2. The maximum atomic E-state index is 12.1. The topological polar surface area (TPSA) is 78.5 Å². The molecule has 0 saturated heterocycles. The number of amides is 1. The molecule has 2 aromatic carbocycles. The first kappa shape index (κ1) is 19.5. The molecule has 1 amide bonds. The molecular formula is C16H17Cl2N3O3S. The Morgan fingerprint density at radius 2 is 1.84 bits per heavy atom. The fourth-order valence-corrected chi connectivity index (χ4v) is 3.23. The molecule has 0 aliphatic rings. The normalized spacial score (nSPS) is 11.4. The summed E-state index contributed by atoms with van der Waals surface area (Å²) in [6.45, 7) is -0.0612. The molecule has 0 saturated carbocycles. The monoisotopic (exact) mass is 401 g/mol. The van der Waals surface area contributed by atoms with Crippen LogP contribution in [0.25, 0.3) is 0 Å². The highest BCUT2D eigenvalue weighted by atomic mass is 35.5. The lowest BCUT2D eigenvalue weighted by Gasteiger charge is -2.13. The van der Waals surface area contributed by atoms with Crippen LogP contribution in [-0.2, 0) is 14.8 Å². The third-order valence-corrected chi connectivity index (χ3v) is 5.64. The first-order chi connectivity index (χ1) is 11.7. The molecule has 6 nitrogen and oxygen atoms in total. The molecule has 0 bridgehead atoms. The Kier molecular flexibility index (Phi) is 6.29. The third-order valence-electron chi connectivity index (χ3n) is 3.27. The van der Waals surface area contributed by atoms with Crippen LogP contribution in [0.15, 0.2) is 47.4 Å². The van der Waals surface area contributed by atoms with Crippen LogP contribution in [0.4, 0.5) is 11.4 Å². The highest BCUT2D eigenvalue weighted by molar-refractivity contribution is 7.89. The Morgan fingerprint density at radius 3 is 2.52 bits per heavy atom. The Balaban J connectivity index is 2.04. The van der Waals surface area contributed by atoms with Crippen molar-refractivity contribution in [2.75, 3.05) is 31.3 Å². The number of benzene rings is 2. The third kappa shape index (κ3) is 5.09. The molecule has 0 radical (unpaired) electrons. The fraction of sp³-hybridized carbons (Fsp3) is 0.188. The predicted molar refractivity (Wildman–Crippen MR) is 101 cm³/mol. The van der Waals surface area contributed by atoms with E-state index in [1.165, 1.54) is 26.2 Å². The lowest BCUT2D eigenvalue weighted by atomic mass is 10.3. The second kappa shape index (κ2) is 8.05. The molecule has 2 N–H and O–H groups in total. The van der Waals surface area contributed by atoms with E-state index in [0.29, 0.717) is 21.4 Å². The van der Waals surface area contributed by atoms with E-state index < -0.39 is 10.0 Å². The van der Waals surface area contributed by atoms with Gasteiger partial charge in [0.15, 0.2) is 0 Å². The van der Waals surface area contributed by atoms with Crippen molar-refractivity contribution in [1.82, 2.24) is 4.31 Å². The van der Waals surface area contributed by atoms with Crippen molar-refractivity contribution >= 4 is 50.5 Å². The van der Waals surface area contributed by atoms with Gasteiger partial charge in [0, 0.05) is 24.8 Å². The van der Waals surface area contributed by atoms with Crippen molar-refractivity contribution in [2.24, 2.45) is 0 Å². The van der Waals surface area contributed by atoms with E-state index in [4.69, 9.17) is 23.2 Å². The standard InChI is InChI=1S/C16H17Cl2N3O3S/c1-21(2)25(23,24)13-5-3-4-12(9-13)19-10-16(22)20-15-8-11(17)6-7-14(15)18/h3-9,19H,10H2,1-2H3,(H,20,22). The Labute approximate surface area is 156 Å². The van der Waals surface area contributed by atoms with Gasteiger partial charge in [0.2, 0.25) is 15.9 Å². The van der Waals surface area contributed by atoms with Crippen LogP contribution in [0.3, 0.4) is 0 Å². The zero-order valence-corrected chi connectivity index (χ0v) is 15.9. The van der Waals surface area contributed by atoms with E-state index in [0.717, 1.165) is 4.31 Å². The molecule has 0 spiro atoms. The first-order valence-corrected chi connectivity index (χ1v) is 9.41. The highest BCUT2D eigenvalue weighted by Gasteiger charge is 2.17. The maximum Gasteiger partial charge on any atom is 0.243 e. The number of nitrogens with one attached hydrogen (secondary N) is 2. The van der Waals surface area contributed by atoms with E-state index in [1.807, 2.05) is 0 Å². The smallest absolute Gasteiger partial charge is 0.243 e. The van der Waals surface area contributed by atoms with Crippen LogP contribution in [-0.4, -0.2) is 39.3 Å². The van der Waals surface area contributed by atoms with Gasteiger partial charge in [-0.2, -0.15) is 0 Å². The quantitative estimate of drug-likeness (QED) is 0.777. The van der Waals surface area contributed by atoms with E-state index in [1.54, 1.807) is 30.3 Å². The van der Waals surface area contributed by atoms with Crippen LogP contribution in [0.5, 0.6) is 0 Å². The molecule has 0 unspecified atom stereocenters. The summed E-state index contributed by atoms with van der Waals surface area (Å²) in [6.07, 6.45) is 0. The molecule has 25 heavy (non-hydrogen) atoms. The molecule has 0 fully saturated rings. The number of rotatable bonds is 6. The molecule has 0 aliphatic heterocycles. The number of anilines is 2. The Bertz CT molecular complexity index is 886. The van der Waals surface area contributed by atoms with Crippen molar-refractivity contribution in [3.63, 3.8) is 0 Å². The molecular weight excluding hydrogens is 385 g/mol. The van der Waals surface area contributed by atoms with Crippen LogP contribution < -0.4 is 10.6 Å². The zero-order chi connectivity index (χ0) is 18.6. The number of sulfonamides is 1. The minimum atomic E-state index is -3.54. The van der Waals surface area contributed by atoms with Gasteiger partial charge in [0.05, 0.1) is 22.2 Å². The van der Waals surface area contributed by atoms with Gasteiger partial charge in [0.1, 0.15) is 0 Å². The van der Waals surface area contributed by atoms with Gasteiger partial charge in [-0.25, -0.2) is 12.7 Å². The van der Waals surface area contributed by atoms with E-state index in [9.17, 15) is 13.2 Å². The number of nitrogens with zero attached hydrogens (tertiary/aromatic N) is 1. The molecule has 9 heteroatoms. The molecule has 0 atom stereocenters. The van der Waals surface area contributed by atoms with Gasteiger partial charge in [-0.15, -0.1) is 0 Å². The second-order valence-electron chi connectivity index (χ2n) is 5.34. The summed E-state index contributed by atoms with van der Waals surface area (Å²) in [5, 5.41) is 6.34. The average Bonchev–Trinajstić information content (AvgIpc) is 2.56. The molecule has 134 valence electrons. The van der Waals surface area contributed by atoms with Crippen molar-refractivity contribution in [2.45, 2.75) is 4.90 Å². The minimum absolute atomic E-state index is 0.0612. The minimum Gasteiger partial charge on any atom is -0.376 e. The second-order valence-corrected chi connectivity index (χ2v) is 8.34. The van der Waals surface area contributed by atoms with Gasteiger partial charge >= 0.3 is 0 Å². The van der Waals surface area contributed by atoms with Gasteiger partial charge in [-0.1, -0.05) is 29.3 Å². The van der Waals surface area contributed by atoms with Crippen molar-refractivity contribution in [3.05, 3.63) is 52.5 Å². The molecule has 0 aromatic heterocycles. The molecule has 2 rings (SSSR count). The number of halogens is 2. The maximum absolute atomic E-state index is 12.1. The summed E-state index contributed by atoms with van der Waals surface area (Å²) in [5.74, 6) is -0.343. The molecule has 0 heterocycles. The van der Waals surface area contributed by atoms with Gasteiger partial charge in [0.25, 0.3) is 0 Å². The zero-order valence-electron chi connectivity index (χ0n) is 13.6. The van der Waals surface area contributed by atoms with Gasteiger partial charge < -0.3 is 10.6 Å². The SMILES string of the molecule is CN(C)S(=O)(=O)c1cccc(NCC(=O)Nc2cc(Cl)ccc2Cl)c1. The Morgan fingerprint density at radius 1 is 1.12 bits per heavy atom. The molecule has 2 aromatic rings. The van der Waals surface area contributed by atoms with Crippen LogP contribution in [0.1, 0.15) is 0 Å². The van der Waals surface area contributed by atoms with Gasteiger partial charge in [-0.3, -0.25) is 4.79 Å². The summed E-state index contributed by atoms with van der Waals surface area (Å²) in [4.78, 5) is 12.2. The highest BCUT2D eigenvalue weighted by Crippen LogP contribution is 2.25. The number of carbonyl (C=O) groups is 1. The first-order valence-electron chi connectivity index (χ1n) is 7.21. The van der Waals surface area contributed by atoms with Gasteiger partial charge in [-0.05, 0) is 36.4 Å². The molecule has 0 aliphatic carbocycles. The largest absolute Gasteiger partial charge is 0.376 e. The summed E-state index contributed by atoms with van der Waals surface area (Å²) in [5.41, 5.74) is 0.917. The summed E-state index contributed by atoms with van der Waals surface area (Å²) < 4.78 is 25.4. The van der Waals surface area contributed by atoms with E-state index >= 15 is 0 Å². The Hall–Kier alpha value is -1.80. The van der Waals surface area contributed by atoms with Crippen LogP contribution >= 0.6 is 23.2 Å². The number of hydrogen-bond acceptors (Lipinski definition) is 4. The summed E-state index contributed by atoms with van der Waals surface area (Å²) >= 11 is 11.9. The predicted octanol–water partition coefficient (Wildman–Crippen LogP) is 3.29. The van der Waals surface area contributed by atoms with Crippen LogP contribution in [0, 0.1) is 0 Å². The van der Waals surface area contributed by atoms with Crippen molar-refractivity contribution < 1.29 is 13.2 Å². The summed E-state index contributed by atoms with van der Waals surface area (Å²) in [7, 11) is -0.624. The fourth-order valence-electron chi connectivity index (χ4n) is 1.95. The summed E-state index contributed by atoms with van der Waals surface area (Å²) in [6, 6.07) is 11.0. The number of carbonyl (C=O) groups excluding carboxylic acids is 1. The average molecular weight is 402 g/mol. The van der Waals surface area contributed by atoms with Crippen molar-refractivity contribution in [1.29, 1.82) is 0 Å². The van der Waals surface area contributed by atoms with E-state index in [-0.39, 0.29) is 17.3 Å². The van der Waals surface area contributed by atoms with E-state index in [2.05, 4.69) is 10.6 Å². The van der Waals surface area contributed by atoms with Crippen molar-refractivity contribution in [3.8, 4) is 0 Å². The lowest BCUT2D eigenvalue weighted by molar-refractivity contribution is -0.114. The van der Waals surface area contributed by atoms with Crippen LogP contribution in [0.2, 0.25) is 10.0 Å². The lowest BCUT2D eigenvalue weighted by Crippen LogP contribution is -2.23.